The van der Waals surface area contributed by atoms with Gasteiger partial charge in [-0.05, 0) is 43.3 Å². The molecule has 1 saturated heterocycles. The Labute approximate surface area is 158 Å². The highest BCUT2D eigenvalue weighted by Crippen LogP contribution is 2.27. The van der Waals surface area contributed by atoms with Gasteiger partial charge >= 0.3 is 6.03 Å². The lowest BCUT2D eigenvalue weighted by molar-refractivity contribution is -0.122. The number of rotatable bonds is 3. The standard InChI is InChI=1S/C19H15BrN2O4/c1-11-3-6-14(7-4-11)22-18(24)15(17(23)21-19(22)25)10-12-9-13(20)5-8-16(12)26-2/h3-10H,1-2H3,(H,21,23,25). The van der Waals surface area contributed by atoms with Crippen molar-refractivity contribution in [2.45, 2.75) is 6.92 Å². The van der Waals surface area contributed by atoms with E-state index in [1.165, 1.54) is 13.2 Å². The SMILES string of the molecule is COc1ccc(Br)cc1C=C1C(=O)NC(=O)N(c2ccc(C)cc2)C1=O. The van der Waals surface area contributed by atoms with Crippen molar-refractivity contribution < 1.29 is 19.1 Å². The number of imide groups is 2. The third kappa shape index (κ3) is 3.39. The number of hydrogen-bond donors (Lipinski definition) is 1. The van der Waals surface area contributed by atoms with Crippen LogP contribution in [0.3, 0.4) is 0 Å². The largest absolute Gasteiger partial charge is 0.496 e. The van der Waals surface area contributed by atoms with Crippen molar-refractivity contribution in [3.63, 3.8) is 0 Å². The molecule has 0 bridgehead atoms. The van der Waals surface area contributed by atoms with Crippen LogP contribution in [0.1, 0.15) is 11.1 Å². The van der Waals surface area contributed by atoms with E-state index in [-0.39, 0.29) is 5.57 Å². The number of ether oxygens (including phenoxy) is 1. The van der Waals surface area contributed by atoms with Gasteiger partial charge in [0.05, 0.1) is 12.8 Å². The topological polar surface area (TPSA) is 75.7 Å². The van der Waals surface area contributed by atoms with E-state index in [2.05, 4.69) is 21.2 Å². The lowest BCUT2D eigenvalue weighted by Gasteiger charge is -2.26. The van der Waals surface area contributed by atoms with Crippen LogP contribution in [0.15, 0.2) is 52.5 Å². The zero-order chi connectivity index (χ0) is 18.8. The first kappa shape index (κ1) is 17.9. The number of carbonyl (C=O) groups is 3. The smallest absolute Gasteiger partial charge is 0.335 e. The number of anilines is 1. The van der Waals surface area contributed by atoms with Crippen molar-refractivity contribution in [3.05, 3.63) is 63.6 Å². The molecule has 4 amide bonds. The quantitative estimate of drug-likeness (QED) is 0.616. The average molecular weight is 415 g/mol. The van der Waals surface area contributed by atoms with Crippen LogP contribution in [0.25, 0.3) is 6.08 Å². The van der Waals surface area contributed by atoms with Crippen molar-refractivity contribution in [1.29, 1.82) is 0 Å². The molecule has 1 fully saturated rings. The first-order valence-corrected chi connectivity index (χ1v) is 8.51. The second-order valence-electron chi connectivity index (χ2n) is 5.68. The number of aryl methyl sites for hydroxylation is 1. The van der Waals surface area contributed by atoms with Gasteiger partial charge in [-0.1, -0.05) is 33.6 Å². The molecule has 1 heterocycles. The summed E-state index contributed by atoms with van der Waals surface area (Å²) in [5, 5.41) is 2.20. The minimum atomic E-state index is -0.776. The molecule has 1 N–H and O–H groups in total. The van der Waals surface area contributed by atoms with E-state index >= 15 is 0 Å². The predicted octanol–water partition coefficient (Wildman–Crippen LogP) is 3.43. The van der Waals surface area contributed by atoms with Gasteiger partial charge in [-0.3, -0.25) is 14.9 Å². The molecule has 2 aromatic rings. The summed E-state index contributed by atoms with van der Waals surface area (Å²) in [6, 6.07) is 11.3. The first-order valence-electron chi connectivity index (χ1n) is 7.72. The maximum Gasteiger partial charge on any atom is 0.335 e. The third-order valence-corrected chi connectivity index (χ3v) is 4.38. The van der Waals surface area contributed by atoms with Crippen LogP contribution in [-0.2, 0) is 9.59 Å². The van der Waals surface area contributed by atoms with E-state index in [9.17, 15) is 14.4 Å². The van der Waals surface area contributed by atoms with E-state index in [4.69, 9.17) is 4.74 Å². The van der Waals surface area contributed by atoms with Gasteiger partial charge in [-0.25, -0.2) is 9.69 Å². The van der Waals surface area contributed by atoms with Gasteiger partial charge in [-0.2, -0.15) is 0 Å². The summed E-state index contributed by atoms with van der Waals surface area (Å²) in [6.07, 6.45) is 1.41. The summed E-state index contributed by atoms with van der Waals surface area (Å²) in [4.78, 5) is 38.2. The van der Waals surface area contributed by atoms with Crippen molar-refractivity contribution in [2.24, 2.45) is 0 Å². The number of amides is 4. The number of benzene rings is 2. The maximum absolute atomic E-state index is 12.8. The molecule has 132 valence electrons. The number of urea groups is 1. The fourth-order valence-electron chi connectivity index (χ4n) is 2.56. The van der Waals surface area contributed by atoms with Crippen molar-refractivity contribution in [1.82, 2.24) is 5.32 Å². The molecule has 7 heteroatoms. The fraction of sp³-hybridized carbons (Fsp3) is 0.105. The lowest BCUT2D eigenvalue weighted by Crippen LogP contribution is -2.54. The van der Waals surface area contributed by atoms with E-state index in [0.717, 1.165) is 14.9 Å². The van der Waals surface area contributed by atoms with E-state index in [1.807, 2.05) is 6.92 Å². The first-order chi connectivity index (χ1) is 12.4. The molecular weight excluding hydrogens is 400 g/mol. The number of methoxy groups -OCH3 is 1. The van der Waals surface area contributed by atoms with Gasteiger partial charge in [0.2, 0.25) is 0 Å². The van der Waals surface area contributed by atoms with Gasteiger partial charge in [0.1, 0.15) is 11.3 Å². The zero-order valence-corrected chi connectivity index (χ0v) is 15.7. The van der Waals surface area contributed by atoms with Crippen molar-refractivity contribution in [3.8, 4) is 5.75 Å². The second kappa shape index (κ2) is 7.13. The highest BCUT2D eigenvalue weighted by atomic mass is 79.9. The van der Waals surface area contributed by atoms with Crippen LogP contribution in [-0.4, -0.2) is 25.0 Å². The van der Waals surface area contributed by atoms with Gasteiger partial charge in [0.25, 0.3) is 11.8 Å². The van der Waals surface area contributed by atoms with Gasteiger partial charge in [0, 0.05) is 10.0 Å². The number of hydrogen-bond acceptors (Lipinski definition) is 4. The Balaban J connectivity index is 2.06. The normalized spacial score (nSPS) is 16.0. The number of barbiturate groups is 1. The van der Waals surface area contributed by atoms with Crippen LogP contribution >= 0.6 is 15.9 Å². The molecular formula is C19H15BrN2O4. The van der Waals surface area contributed by atoms with Crippen molar-refractivity contribution in [2.75, 3.05) is 12.0 Å². The minimum absolute atomic E-state index is 0.151. The molecule has 26 heavy (non-hydrogen) atoms. The Morgan fingerprint density at radius 3 is 2.42 bits per heavy atom. The van der Waals surface area contributed by atoms with E-state index in [0.29, 0.717) is 17.0 Å². The highest BCUT2D eigenvalue weighted by Gasteiger charge is 2.36. The summed E-state index contributed by atoms with van der Waals surface area (Å²) in [5.74, 6) is -0.935. The zero-order valence-electron chi connectivity index (χ0n) is 14.1. The Kier molecular flexibility index (Phi) is 4.90. The number of nitrogens with zero attached hydrogens (tertiary/aromatic N) is 1. The molecule has 1 aliphatic heterocycles. The number of halogens is 1. The minimum Gasteiger partial charge on any atom is -0.496 e. The van der Waals surface area contributed by atoms with Gasteiger partial charge in [-0.15, -0.1) is 0 Å². The summed E-state index contributed by atoms with van der Waals surface area (Å²) in [7, 11) is 1.50. The summed E-state index contributed by atoms with van der Waals surface area (Å²) < 4.78 is 6.03. The summed E-state index contributed by atoms with van der Waals surface area (Å²) >= 11 is 3.35. The van der Waals surface area contributed by atoms with Gasteiger partial charge < -0.3 is 4.74 Å². The maximum atomic E-state index is 12.8. The molecule has 3 rings (SSSR count). The van der Waals surface area contributed by atoms with Crippen LogP contribution in [0.2, 0.25) is 0 Å². The molecule has 0 aromatic heterocycles. The van der Waals surface area contributed by atoms with E-state index < -0.39 is 17.8 Å². The Morgan fingerprint density at radius 1 is 1.08 bits per heavy atom. The monoisotopic (exact) mass is 414 g/mol. The number of nitrogens with one attached hydrogen (secondary N) is 1. The molecule has 2 aromatic carbocycles. The third-order valence-electron chi connectivity index (χ3n) is 3.89. The number of carbonyl (C=O) groups excluding carboxylic acids is 3. The van der Waals surface area contributed by atoms with Crippen LogP contribution in [0, 0.1) is 6.92 Å². The highest BCUT2D eigenvalue weighted by molar-refractivity contribution is 9.10. The summed E-state index contributed by atoms with van der Waals surface area (Å²) in [6.45, 7) is 1.90. The van der Waals surface area contributed by atoms with Crippen molar-refractivity contribution >= 4 is 45.5 Å². The summed E-state index contributed by atoms with van der Waals surface area (Å²) in [5.41, 5.74) is 1.77. The predicted molar refractivity (Wildman–Crippen MR) is 101 cm³/mol. The lowest BCUT2D eigenvalue weighted by atomic mass is 10.1. The Bertz CT molecular complexity index is 935. The Morgan fingerprint density at radius 2 is 1.77 bits per heavy atom. The molecule has 6 nitrogen and oxygen atoms in total. The van der Waals surface area contributed by atoms with Crippen LogP contribution in [0.4, 0.5) is 10.5 Å². The average Bonchev–Trinajstić information content (AvgIpc) is 2.60. The Hall–Kier alpha value is -2.93. The molecule has 0 radical (unpaired) electrons. The second-order valence-corrected chi connectivity index (χ2v) is 6.60. The van der Waals surface area contributed by atoms with Crippen LogP contribution < -0.4 is 15.0 Å². The van der Waals surface area contributed by atoms with Crippen LogP contribution in [0.5, 0.6) is 5.75 Å². The molecule has 0 atom stereocenters. The molecule has 0 aliphatic carbocycles. The molecule has 0 spiro atoms. The molecule has 0 unspecified atom stereocenters. The molecule has 1 aliphatic rings. The van der Waals surface area contributed by atoms with E-state index in [1.54, 1.807) is 42.5 Å². The van der Waals surface area contributed by atoms with Gasteiger partial charge in [0.15, 0.2) is 0 Å². The molecule has 0 saturated carbocycles. The fourth-order valence-corrected chi connectivity index (χ4v) is 2.94.